The molecule has 0 radical (unpaired) electrons. The van der Waals surface area contributed by atoms with Gasteiger partial charge in [-0.15, -0.1) is 0 Å². The Bertz CT molecular complexity index is 836. The molecule has 2 aromatic rings. The fraction of sp³-hybridized carbons (Fsp3) is 0.400. The van der Waals surface area contributed by atoms with Crippen LogP contribution in [0.15, 0.2) is 30.3 Å². The molecule has 0 bridgehead atoms. The van der Waals surface area contributed by atoms with Crippen LogP contribution in [-0.4, -0.2) is 54.4 Å². The highest BCUT2D eigenvalue weighted by molar-refractivity contribution is 5.83. The SMILES string of the molecule is CNC(=O)CCC(=O)N1CCc2c(nc(-c3ccccc3)nc2N(C)C)C1. The molecule has 0 atom stereocenters. The molecular formula is C20H25N5O2. The van der Waals surface area contributed by atoms with Gasteiger partial charge in [0.2, 0.25) is 11.8 Å². The number of carbonyl (C=O) groups excluding carboxylic acids is 2. The van der Waals surface area contributed by atoms with E-state index in [9.17, 15) is 9.59 Å². The van der Waals surface area contributed by atoms with Crippen LogP contribution in [0.5, 0.6) is 0 Å². The third-order valence-corrected chi connectivity index (χ3v) is 4.70. The molecule has 1 aromatic carbocycles. The van der Waals surface area contributed by atoms with Gasteiger partial charge in [0.25, 0.3) is 0 Å². The summed E-state index contributed by atoms with van der Waals surface area (Å²) in [4.78, 5) is 37.2. The Morgan fingerprint density at radius 2 is 1.89 bits per heavy atom. The van der Waals surface area contributed by atoms with E-state index in [1.54, 1.807) is 11.9 Å². The van der Waals surface area contributed by atoms with Crippen LogP contribution in [0.3, 0.4) is 0 Å². The maximum Gasteiger partial charge on any atom is 0.223 e. The van der Waals surface area contributed by atoms with Gasteiger partial charge in [-0.3, -0.25) is 9.59 Å². The monoisotopic (exact) mass is 367 g/mol. The van der Waals surface area contributed by atoms with Crippen molar-refractivity contribution in [3.8, 4) is 11.4 Å². The van der Waals surface area contributed by atoms with Gasteiger partial charge < -0.3 is 15.1 Å². The first-order chi connectivity index (χ1) is 13.0. The molecule has 7 heteroatoms. The van der Waals surface area contributed by atoms with Crippen molar-refractivity contribution in [3.63, 3.8) is 0 Å². The summed E-state index contributed by atoms with van der Waals surface area (Å²) in [7, 11) is 5.52. The number of aromatic nitrogens is 2. The largest absolute Gasteiger partial charge is 0.362 e. The molecule has 142 valence electrons. The first kappa shape index (κ1) is 18.8. The number of hydrogen-bond acceptors (Lipinski definition) is 5. The summed E-state index contributed by atoms with van der Waals surface area (Å²) in [6, 6.07) is 9.85. The molecule has 0 spiro atoms. The van der Waals surface area contributed by atoms with Crippen LogP contribution in [0.2, 0.25) is 0 Å². The quantitative estimate of drug-likeness (QED) is 0.869. The number of benzene rings is 1. The van der Waals surface area contributed by atoms with E-state index in [0.29, 0.717) is 25.3 Å². The third-order valence-electron chi connectivity index (χ3n) is 4.70. The van der Waals surface area contributed by atoms with Gasteiger partial charge in [0.05, 0.1) is 12.2 Å². The average molecular weight is 367 g/mol. The summed E-state index contributed by atoms with van der Waals surface area (Å²) in [5.41, 5.74) is 2.92. The van der Waals surface area contributed by atoms with Crippen molar-refractivity contribution >= 4 is 17.6 Å². The zero-order valence-corrected chi connectivity index (χ0v) is 16.0. The first-order valence-corrected chi connectivity index (χ1v) is 9.10. The minimum Gasteiger partial charge on any atom is -0.362 e. The third kappa shape index (κ3) is 4.24. The van der Waals surface area contributed by atoms with Crippen molar-refractivity contribution in [2.24, 2.45) is 0 Å². The second-order valence-electron chi connectivity index (χ2n) is 6.79. The molecule has 1 aliphatic rings. The Kier molecular flexibility index (Phi) is 5.69. The highest BCUT2D eigenvalue weighted by atomic mass is 16.2. The van der Waals surface area contributed by atoms with Crippen molar-refractivity contribution in [1.29, 1.82) is 0 Å². The fourth-order valence-electron chi connectivity index (χ4n) is 3.21. The van der Waals surface area contributed by atoms with E-state index >= 15 is 0 Å². The molecule has 1 aliphatic heterocycles. The molecule has 2 heterocycles. The lowest BCUT2D eigenvalue weighted by Gasteiger charge is -2.30. The summed E-state index contributed by atoms with van der Waals surface area (Å²) >= 11 is 0. The van der Waals surface area contributed by atoms with Gasteiger partial charge in [-0.05, 0) is 6.42 Å². The summed E-state index contributed by atoms with van der Waals surface area (Å²) in [5, 5.41) is 2.55. The molecule has 0 fully saturated rings. The molecule has 7 nitrogen and oxygen atoms in total. The minimum absolute atomic E-state index is 0.0180. The number of carbonyl (C=O) groups is 2. The Morgan fingerprint density at radius 3 is 2.56 bits per heavy atom. The van der Waals surface area contributed by atoms with E-state index in [-0.39, 0.29) is 24.7 Å². The molecule has 0 saturated carbocycles. The fourth-order valence-corrected chi connectivity index (χ4v) is 3.21. The molecule has 3 rings (SSSR count). The molecule has 0 unspecified atom stereocenters. The van der Waals surface area contributed by atoms with Gasteiger partial charge in [0.15, 0.2) is 5.82 Å². The van der Waals surface area contributed by atoms with Gasteiger partial charge in [-0.1, -0.05) is 30.3 Å². The summed E-state index contributed by atoms with van der Waals surface area (Å²) in [6.07, 6.45) is 1.14. The Morgan fingerprint density at radius 1 is 1.15 bits per heavy atom. The Balaban J connectivity index is 1.87. The number of nitrogens with zero attached hydrogens (tertiary/aromatic N) is 4. The van der Waals surface area contributed by atoms with Crippen LogP contribution in [0.4, 0.5) is 5.82 Å². The van der Waals surface area contributed by atoms with E-state index < -0.39 is 0 Å². The predicted molar refractivity (Wildman–Crippen MR) is 104 cm³/mol. The molecular weight excluding hydrogens is 342 g/mol. The smallest absolute Gasteiger partial charge is 0.223 e. The van der Waals surface area contributed by atoms with E-state index in [0.717, 1.165) is 22.6 Å². The van der Waals surface area contributed by atoms with Gasteiger partial charge >= 0.3 is 0 Å². The highest BCUT2D eigenvalue weighted by Crippen LogP contribution is 2.28. The van der Waals surface area contributed by atoms with Gasteiger partial charge in [-0.2, -0.15) is 0 Å². The summed E-state index contributed by atoms with van der Waals surface area (Å²) in [6.45, 7) is 1.07. The number of fused-ring (bicyclic) bond motifs is 1. The Labute approximate surface area is 159 Å². The summed E-state index contributed by atoms with van der Waals surface area (Å²) in [5.74, 6) is 1.42. The maximum absolute atomic E-state index is 12.5. The number of anilines is 1. The molecule has 27 heavy (non-hydrogen) atoms. The van der Waals surface area contributed by atoms with Crippen molar-refractivity contribution in [2.75, 3.05) is 32.6 Å². The zero-order valence-electron chi connectivity index (χ0n) is 16.0. The maximum atomic E-state index is 12.5. The van der Waals surface area contributed by atoms with Crippen molar-refractivity contribution in [1.82, 2.24) is 20.2 Å². The Hall–Kier alpha value is -2.96. The second kappa shape index (κ2) is 8.16. The normalized spacial score (nSPS) is 13.1. The van der Waals surface area contributed by atoms with Crippen LogP contribution in [0, 0.1) is 0 Å². The van der Waals surface area contributed by atoms with Crippen molar-refractivity contribution in [3.05, 3.63) is 41.6 Å². The molecule has 0 saturated heterocycles. The highest BCUT2D eigenvalue weighted by Gasteiger charge is 2.26. The van der Waals surface area contributed by atoms with E-state index in [1.165, 1.54) is 0 Å². The molecule has 2 amide bonds. The average Bonchev–Trinajstić information content (AvgIpc) is 2.70. The number of amides is 2. The van der Waals surface area contributed by atoms with Crippen LogP contribution in [0.1, 0.15) is 24.1 Å². The first-order valence-electron chi connectivity index (χ1n) is 9.10. The van der Waals surface area contributed by atoms with Crippen LogP contribution < -0.4 is 10.2 Å². The summed E-state index contributed by atoms with van der Waals surface area (Å²) < 4.78 is 0. The molecule has 0 aliphatic carbocycles. The van der Waals surface area contributed by atoms with Crippen LogP contribution >= 0.6 is 0 Å². The van der Waals surface area contributed by atoms with Gasteiger partial charge in [0.1, 0.15) is 5.82 Å². The van der Waals surface area contributed by atoms with Gasteiger partial charge in [-0.25, -0.2) is 9.97 Å². The second-order valence-corrected chi connectivity index (χ2v) is 6.79. The van der Waals surface area contributed by atoms with Crippen molar-refractivity contribution < 1.29 is 9.59 Å². The molecule has 1 N–H and O–H groups in total. The standard InChI is InChI=1S/C20H25N5O2/c1-21-17(26)9-10-18(27)25-12-11-15-16(13-25)22-19(23-20(15)24(2)3)14-7-5-4-6-8-14/h4-8H,9-13H2,1-3H3,(H,21,26). The van der Waals surface area contributed by atoms with Crippen LogP contribution in [-0.2, 0) is 22.6 Å². The van der Waals surface area contributed by atoms with Gasteiger partial charge in [0, 0.05) is 51.7 Å². The minimum atomic E-state index is -0.121. The van der Waals surface area contributed by atoms with E-state index in [2.05, 4.69) is 5.32 Å². The lowest BCUT2D eigenvalue weighted by atomic mass is 10.0. The van der Waals surface area contributed by atoms with E-state index in [4.69, 9.17) is 9.97 Å². The van der Waals surface area contributed by atoms with Crippen LogP contribution in [0.25, 0.3) is 11.4 Å². The van der Waals surface area contributed by atoms with Crippen molar-refractivity contribution in [2.45, 2.75) is 25.8 Å². The number of hydrogen-bond donors (Lipinski definition) is 1. The number of rotatable bonds is 5. The lowest BCUT2D eigenvalue weighted by molar-refractivity contribution is -0.134. The topological polar surface area (TPSA) is 78.4 Å². The van der Waals surface area contributed by atoms with E-state index in [1.807, 2.05) is 49.3 Å². The number of nitrogens with one attached hydrogen (secondary N) is 1. The molecule has 1 aromatic heterocycles. The zero-order chi connectivity index (χ0) is 19.4. The lowest BCUT2D eigenvalue weighted by Crippen LogP contribution is -2.38. The predicted octanol–water partition coefficient (Wildman–Crippen LogP) is 1.62.